The van der Waals surface area contributed by atoms with Crippen LogP contribution in [0.1, 0.15) is 17.0 Å². The fourth-order valence-electron chi connectivity index (χ4n) is 4.09. The number of aromatic amines is 1. The molecule has 0 bridgehead atoms. The number of nitrogens with two attached hydrogens (primary N) is 1. The van der Waals surface area contributed by atoms with Gasteiger partial charge in [-0.2, -0.15) is 10.4 Å². The van der Waals surface area contributed by atoms with Crippen LogP contribution in [0.15, 0.2) is 71.3 Å². The summed E-state index contributed by atoms with van der Waals surface area (Å²) in [6.45, 7) is 1.82. The van der Waals surface area contributed by atoms with Crippen molar-refractivity contribution in [1.82, 2.24) is 10.2 Å². The van der Waals surface area contributed by atoms with Crippen LogP contribution in [-0.4, -0.2) is 36.4 Å². The number of carbonyl (C=O) groups excluding carboxylic acids is 2. The summed E-state index contributed by atoms with van der Waals surface area (Å²) < 4.78 is 10.1. The Morgan fingerprint density at radius 2 is 1.85 bits per heavy atom. The van der Waals surface area contributed by atoms with E-state index in [2.05, 4.69) is 16.3 Å². The lowest BCUT2D eigenvalue weighted by Crippen LogP contribution is -2.41. The summed E-state index contributed by atoms with van der Waals surface area (Å²) in [5.41, 5.74) is 9.13. The molecule has 0 fully saturated rings. The van der Waals surface area contributed by atoms with Gasteiger partial charge in [-0.3, -0.25) is 10.00 Å². The molecule has 0 spiro atoms. The van der Waals surface area contributed by atoms with E-state index in [0.29, 0.717) is 11.3 Å². The van der Waals surface area contributed by atoms with Crippen molar-refractivity contribution in [2.75, 3.05) is 19.1 Å². The molecule has 1 unspecified atom stereocenters. The molecule has 1 aromatic heterocycles. The molecule has 0 aliphatic carbocycles. The van der Waals surface area contributed by atoms with E-state index in [-0.39, 0.29) is 22.7 Å². The standard InChI is InChI=1S/C24H21N5O4/c1-13-9-17-15(12-27-28-17)10-18(13)29-21(24(31)33-3)20(23(30)32-2)19(16(11-25)22(29)26)14-7-5-4-6-8-14/h4-10,12,19H,26H2,1-3H3,(H,27,28). The smallest absolute Gasteiger partial charge is 0.355 e. The van der Waals surface area contributed by atoms with E-state index < -0.39 is 17.9 Å². The van der Waals surface area contributed by atoms with Gasteiger partial charge in [0.05, 0.1) is 54.8 Å². The van der Waals surface area contributed by atoms with Crippen molar-refractivity contribution in [3.63, 3.8) is 0 Å². The van der Waals surface area contributed by atoms with E-state index in [9.17, 15) is 14.9 Å². The summed E-state index contributed by atoms with van der Waals surface area (Å²) >= 11 is 0. The van der Waals surface area contributed by atoms with Gasteiger partial charge >= 0.3 is 11.9 Å². The van der Waals surface area contributed by atoms with E-state index in [4.69, 9.17) is 15.2 Å². The average Bonchev–Trinajstić information content (AvgIpc) is 3.29. The van der Waals surface area contributed by atoms with Crippen LogP contribution in [0.3, 0.4) is 0 Å². The Labute approximate surface area is 189 Å². The average molecular weight is 443 g/mol. The van der Waals surface area contributed by atoms with Gasteiger partial charge in [0.25, 0.3) is 0 Å². The van der Waals surface area contributed by atoms with Crippen molar-refractivity contribution in [3.8, 4) is 6.07 Å². The Hall–Kier alpha value is -4.58. The molecule has 1 aliphatic rings. The van der Waals surface area contributed by atoms with Crippen LogP contribution >= 0.6 is 0 Å². The number of aryl methyl sites for hydroxylation is 1. The van der Waals surface area contributed by atoms with Gasteiger partial charge in [-0.05, 0) is 30.2 Å². The van der Waals surface area contributed by atoms with Crippen LogP contribution in [0.2, 0.25) is 0 Å². The molecular weight excluding hydrogens is 422 g/mol. The summed E-state index contributed by atoms with van der Waals surface area (Å²) in [6.07, 6.45) is 1.63. The molecule has 0 saturated carbocycles. The second kappa shape index (κ2) is 8.51. The minimum absolute atomic E-state index is 0.0188. The minimum atomic E-state index is -0.910. The molecule has 2 heterocycles. The number of carbonyl (C=O) groups is 2. The third-order valence-corrected chi connectivity index (χ3v) is 5.61. The predicted molar refractivity (Wildman–Crippen MR) is 120 cm³/mol. The number of H-pyrrole nitrogens is 1. The lowest BCUT2D eigenvalue weighted by molar-refractivity contribution is -0.139. The number of anilines is 1. The number of fused-ring (bicyclic) bond motifs is 1. The van der Waals surface area contributed by atoms with Crippen molar-refractivity contribution >= 4 is 28.5 Å². The van der Waals surface area contributed by atoms with Gasteiger partial charge in [-0.15, -0.1) is 0 Å². The molecule has 9 heteroatoms. The highest BCUT2D eigenvalue weighted by Crippen LogP contribution is 2.44. The van der Waals surface area contributed by atoms with E-state index in [1.54, 1.807) is 36.5 Å². The van der Waals surface area contributed by atoms with Gasteiger partial charge in [0.1, 0.15) is 11.5 Å². The molecule has 3 aromatic rings. The Morgan fingerprint density at radius 1 is 1.15 bits per heavy atom. The highest BCUT2D eigenvalue weighted by Gasteiger charge is 2.43. The first-order chi connectivity index (χ1) is 15.9. The van der Waals surface area contributed by atoms with Crippen molar-refractivity contribution in [3.05, 3.63) is 82.5 Å². The summed E-state index contributed by atoms with van der Waals surface area (Å²) in [7, 11) is 2.43. The first-order valence-corrected chi connectivity index (χ1v) is 10.0. The molecule has 3 N–H and O–H groups in total. The number of benzene rings is 2. The Bertz CT molecular complexity index is 1360. The zero-order valence-corrected chi connectivity index (χ0v) is 18.2. The number of nitrogens with zero attached hydrogens (tertiary/aromatic N) is 3. The second-order valence-electron chi connectivity index (χ2n) is 7.43. The van der Waals surface area contributed by atoms with Gasteiger partial charge in [0.2, 0.25) is 0 Å². The lowest BCUT2D eigenvalue weighted by atomic mass is 9.80. The normalized spacial score (nSPS) is 16.1. The van der Waals surface area contributed by atoms with Crippen LogP contribution in [0.25, 0.3) is 10.9 Å². The first-order valence-electron chi connectivity index (χ1n) is 10.0. The van der Waals surface area contributed by atoms with Gasteiger partial charge in [0, 0.05) is 5.39 Å². The van der Waals surface area contributed by atoms with Crippen LogP contribution in [0.5, 0.6) is 0 Å². The van der Waals surface area contributed by atoms with Gasteiger partial charge in [-0.1, -0.05) is 30.3 Å². The lowest BCUT2D eigenvalue weighted by Gasteiger charge is -2.36. The Kier molecular flexibility index (Phi) is 5.58. The summed E-state index contributed by atoms with van der Waals surface area (Å²) in [5.74, 6) is -2.45. The first kappa shape index (κ1) is 21.6. The largest absolute Gasteiger partial charge is 0.466 e. The number of allylic oxidation sites excluding steroid dienone is 1. The number of rotatable bonds is 4. The number of methoxy groups -OCH3 is 2. The number of hydrogen-bond acceptors (Lipinski definition) is 8. The van der Waals surface area contributed by atoms with Gasteiger partial charge in [-0.25, -0.2) is 9.59 Å². The molecule has 1 atom stereocenters. The highest BCUT2D eigenvalue weighted by molar-refractivity contribution is 6.07. The number of ether oxygens (including phenoxy) is 2. The van der Waals surface area contributed by atoms with E-state index >= 15 is 0 Å². The molecule has 0 amide bonds. The van der Waals surface area contributed by atoms with Crippen LogP contribution in [0, 0.1) is 18.3 Å². The number of hydrogen-bond donors (Lipinski definition) is 2. The Balaban J connectivity index is 2.10. The zero-order chi connectivity index (χ0) is 23.7. The number of nitrogens with one attached hydrogen (secondary N) is 1. The quantitative estimate of drug-likeness (QED) is 0.588. The van der Waals surface area contributed by atoms with Crippen molar-refractivity contribution in [2.24, 2.45) is 5.73 Å². The molecular formula is C24H21N5O4. The van der Waals surface area contributed by atoms with E-state index in [1.807, 2.05) is 19.1 Å². The summed E-state index contributed by atoms with van der Waals surface area (Å²) in [4.78, 5) is 27.6. The SMILES string of the molecule is COC(=O)C1=C(C(=O)OC)N(c2cc3cn[nH]c3cc2C)C(N)=C(C#N)C1c1ccccc1. The zero-order valence-electron chi connectivity index (χ0n) is 18.2. The Morgan fingerprint density at radius 3 is 2.48 bits per heavy atom. The molecule has 1 aliphatic heterocycles. The number of aromatic nitrogens is 2. The van der Waals surface area contributed by atoms with Crippen molar-refractivity contribution in [2.45, 2.75) is 12.8 Å². The molecule has 0 radical (unpaired) electrons. The van der Waals surface area contributed by atoms with Crippen molar-refractivity contribution in [1.29, 1.82) is 5.26 Å². The topological polar surface area (TPSA) is 134 Å². The highest BCUT2D eigenvalue weighted by atomic mass is 16.5. The monoisotopic (exact) mass is 443 g/mol. The third kappa shape index (κ3) is 3.47. The van der Waals surface area contributed by atoms with Crippen molar-refractivity contribution < 1.29 is 19.1 Å². The van der Waals surface area contributed by atoms with Crippen LogP contribution in [0.4, 0.5) is 5.69 Å². The number of nitriles is 1. The molecule has 4 rings (SSSR count). The predicted octanol–water partition coefficient (Wildman–Crippen LogP) is 2.77. The van der Waals surface area contributed by atoms with Crippen LogP contribution in [-0.2, 0) is 19.1 Å². The fourth-order valence-corrected chi connectivity index (χ4v) is 4.09. The van der Waals surface area contributed by atoms with E-state index in [0.717, 1.165) is 16.5 Å². The maximum absolute atomic E-state index is 13.1. The van der Waals surface area contributed by atoms with Crippen LogP contribution < -0.4 is 10.6 Å². The summed E-state index contributed by atoms with van der Waals surface area (Å²) in [5, 5.41) is 17.8. The molecule has 0 saturated heterocycles. The molecule has 2 aromatic carbocycles. The molecule has 9 nitrogen and oxygen atoms in total. The maximum atomic E-state index is 13.1. The fraction of sp³-hybridized carbons (Fsp3) is 0.167. The molecule has 33 heavy (non-hydrogen) atoms. The minimum Gasteiger partial charge on any atom is -0.466 e. The summed E-state index contributed by atoms with van der Waals surface area (Å²) in [6, 6.07) is 14.6. The number of esters is 2. The van der Waals surface area contributed by atoms with E-state index in [1.165, 1.54) is 19.1 Å². The van der Waals surface area contributed by atoms with Gasteiger partial charge in [0.15, 0.2) is 0 Å². The maximum Gasteiger partial charge on any atom is 0.355 e. The second-order valence-corrected chi connectivity index (χ2v) is 7.43. The third-order valence-electron chi connectivity index (χ3n) is 5.61. The van der Waals surface area contributed by atoms with Gasteiger partial charge < -0.3 is 15.2 Å². The molecule has 166 valence electrons.